The highest BCUT2D eigenvalue weighted by atomic mass is 35.5. The summed E-state index contributed by atoms with van der Waals surface area (Å²) >= 11 is 12.0. The van der Waals surface area contributed by atoms with Crippen LogP contribution in [0.3, 0.4) is 0 Å². The third-order valence-electron chi connectivity index (χ3n) is 4.43. The Hall–Kier alpha value is -3.11. The number of aromatic nitrogens is 3. The van der Waals surface area contributed by atoms with Crippen LogP contribution in [0.25, 0.3) is 5.82 Å². The average Bonchev–Trinajstić information content (AvgIpc) is 3.15. The minimum atomic E-state index is -4.96. The Balaban J connectivity index is 2.08. The van der Waals surface area contributed by atoms with E-state index < -0.39 is 29.2 Å². The standard InChI is InChI=1S/C21H18Cl2F3N5O2/c1-10(2)29-19(32)13-8-12(22)7-11(3)16(13)30-20(33)14-9-28-31(17(14)21(24,25)26)18-15(23)5-4-6-27-18/h4-10H,1-3H3,(H,29,32)(H,30,33). The van der Waals surface area contributed by atoms with Gasteiger partial charge in [0.2, 0.25) is 0 Å². The first-order valence-electron chi connectivity index (χ1n) is 9.58. The van der Waals surface area contributed by atoms with Gasteiger partial charge in [-0.3, -0.25) is 9.59 Å². The smallest absolute Gasteiger partial charge is 0.350 e. The van der Waals surface area contributed by atoms with Crippen molar-refractivity contribution in [2.24, 2.45) is 0 Å². The van der Waals surface area contributed by atoms with E-state index in [1.54, 1.807) is 20.8 Å². The second-order valence-corrected chi connectivity index (χ2v) is 8.20. The van der Waals surface area contributed by atoms with E-state index in [4.69, 9.17) is 23.2 Å². The van der Waals surface area contributed by atoms with Crippen molar-refractivity contribution in [1.82, 2.24) is 20.1 Å². The van der Waals surface area contributed by atoms with Gasteiger partial charge >= 0.3 is 6.18 Å². The number of halogens is 5. The van der Waals surface area contributed by atoms with Crippen LogP contribution in [0, 0.1) is 6.92 Å². The fraction of sp³-hybridized carbons (Fsp3) is 0.238. The summed E-state index contributed by atoms with van der Waals surface area (Å²) in [6, 6.07) is 5.37. The molecule has 2 heterocycles. The predicted octanol–water partition coefficient (Wildman–Crippen LogP) is 5.29. The van der Waals surface area contributed by atoms with Crippen molar-refractivity contribution in [3.63, 3.8) is 0 Å². The number of aryl methyl sites for hydroxylation is 1. The fourth-order valence-electron chi connectivity index (χ4n) is 3.09. The molecule has 0 aliphatic rings. The van der Waals surface area contributed by atoms with Crippen LogP contribution >= 0.6 is 23.2 Å². The lowest BCUT2D eigenvalue weighted by molar-refractivity contribution is -0.143. The maximum atomic E-state index is 13.9. The molecule has 0 aliphatic carbocycles. The molecule has 33 heavy (non-hydrogen) atoms. The van der Waals surface area contributed by atoms with Crippen molar-refractivity contribution in [2.75, 3.05) is 5.32 Å². The van der Waals surface area contributed by atoms with Gasteiger partial charge in [-0.2, -0.15) is 18.3 Å². The number of anilines is 1. The first-order valence-corrected chi connectivity index (χ1v) is 10.3. The molecule has 1 aromatic carbocycles. The van der Waals surface area contributed by atoms with Crippen molar-refractivity contribution in [2.45, 2.75) is 33.0 Å². The number of pyridine rings is 1. The van der Waals surface area contributed by atoms with E-state index in [1.807, 2.05) is 0 Å². The molecule has 2 N–H and O–H groups in total. The molecule has 0 bridgehead atoms. The van der Waals surface area contributed by atoms with E-state index in [1.165, 1.54) is 30.5 Å². The SMILES string of the molecule is Cc1cc(Cl)cc(C(=O)NC(C)C)c1NC(=O)c1cnn(-c2ncccc2Cl)c1C(F)(F)F. The third kappa shape index (κ3) is 5.28. The summed E-state index contributed by atoms with van der Waals surface area (Å²) in [7, 11) is 0. The van der Waals surface area contributed by atoms with Gasteiger partial charge in [-0.1, -0.05) is 23.2 Å². The van der Waals surface area contributed by atoms with Gasteiger partial charge in [0.15, 0.2) is 11.5 Å². The predicted molar refractivity (Wildman–Crippen MR) is 118 cm³/mol. The molecule has 2 amide bonds. The van der Waals surface area contributed by atoms with Crippen molar-refractivity contribution in [3.05, 3.63) is 69.1 Å². The molecule has 2 aromatic heterocycles. The number of benzene rings is 1. The Morgan fingerprint density at radius 3 is 2.42 bits per heavy atom. The molecular formula is C21H18Cl2F3N5O2. The van der Waals surface area contributed by atoms with Crippen LogP contribution in [0.5, 0.6) is 0 Å². The van der Waals surface area contributed by atoms with E-state index in [2.05, 4.69) is 20.7 Å². The second-order valence-electron chi connectivity index (χ2n) is 7.35. The van der Waals surface area contributed by atoms with E-state index in [0.29, 0.717) is 10.2 Å². The minimum Gasteiger partial charge on any atom is -0.350 e. The zero-order chi connectivity index (χ0) is 24.5. The Morgan fingerprint density at radius 1 is 1.12 bits per heavy atom. The van der Waals surface area contributed by atoms with Gasteiger partial charge in [0.05, 0.1) is 28.0 Å². The number of carbonyl (C=O) groups is 2. The number of carbonyl (C=O) groups excluding carboxylic acids is 2. The van der Waals surface area contributed by atoms with Gasteiger partial charge in [0.1, 0.15) is 0 Å². The average molecular weight is 500 g/mol. The molecule has 0 saturated heterocycles. The lowest BCUT2D eigenvalue weighted by Crippen LogP contribution is -2.31. The van der Waals surface area contributed by atoms with Gasteiger partial charge < -0.3 is 10.6 Å². The lowest BCUT2D eigenvalue weighted by Gasteiger charge is -2.17. The molecule has 0 unspecified atom stereocenters. The first-order chi connectivity index (χ1) is 15.4. The fourth-order valence-corrected chi connectivity index (χ4v) is 3.56. The summed E-state index contributed by atoms with van der Waals surface area (Å²) in [6.45, 7) is 5.04. The Morgan fingerprint density at radius 2 is 1.82 bits per heavy atom. The second kappa shape index (κ2) is 9.40. The highest BCUT2D eigenvalue weighted by molar-refractivity contribution is 6.32. The summed E-state index contributed by atoms with van der Waals surface area (Å²) in [5.41, 5.74) is -1.71. The third-order valence-corrected chi connectivity index (χ3v) is 4.94. The number of amides is 2. The van der Waals surface area contributed by atoms with Gasteiger partial charge in [-0.05, 0) is 50.6 Å². The van der Waals surface area contributed by atoms with Crippen LogP contribution in [0.1, 0.15) is 45.8 Å². The number of rotatable bonds is 5. The van der Waals surface area contributed by atoms with Crippen LogP contribution in [0.4, 0.5) is 18.9 Å². The maximum Gasteiger partial charge on any atom is 0.434 e. The van der Waals surface area contributed by atoms with E-state index >= 15 is 0 Å². The summed E-state index contributed by atoms with van der Waals surface area (Å²) in [5.74, 6) is -1.95. The zero-order valence-corrected chi connectivity index (χ0v) is 19.1. The monoisotopic (exact) mass is 499 g/mol. The number of nitrogens with one attached hydrogen (secondary N) is 2. The minimum absolute atomic E-state index is 0.00997. The molecular weight excluding hydrogens is 482 g/mol. The molecule has 3 aromatic rings. The number of alkyl halides is 3. The quantitative estimate of drug-likeness (QED) is 0.498. The van der Waals surface area contributed by atoms with E-state index in [0.717, 1.165) is 6.20 Å². The Bertz CT molecular complexity index is 1230. The molecule has 174 valence electrons. The summed E-state index contributed by atoms with van der Waals surface area (Å²) < 4.78 is 42.3. The number of nitrogens with zero attached hydrogens (tertiary/aromatic N) is 3. The van der Waals surface area contributed by atoms with Gasteiger partial charge in [0, 0.05) is 17.3 Å². The van der Waals surface area contributed by atoms with Gasteiger partial charge in [0.25, 0.3) is 11.8 Å². The highest BCUT2D eigenvalue weighted by Gasteiger charge is 2.41. The van der Waals surface area contributed by atoms with E-state index in [-0.39, 0.29) is 33.2 Å². The van der Waals surface area contributed by atoms with Crippen LogP contribution < -0.4 is 10.6 Å². The molecule has 7 nitrogen and oxygen atoms in total. The van der Waals surface area contributed by atoms with Crippen LogP contribution in [0.15, 0.2) is 36.7 Å². The maximum absolute atomic E-state index is 13.9. The van der Waals surface area contributed by atoms with Crippen molar-refractivity contribution < 1.29 is 22.8 Å². The summed E-state index contributed by atoms with van der Waals surface area (Å²) in [5, 5.41) is 8.91. The molecule has 0 spiro atoms. The summed E-state index contributed by atoms with van der Waals surface area (Å²) in [4.78, 5) is 29.4. The molecule has 0 aliphatic heterocycles. The van der Waals surface area contributed by atoms with Crippen LogP contribution in [0.2, 0.25) is 10.0 Å². The lowest BCUT2D eigenvalue weighted by atomic mass is 10.1. The van der Waals surface area contributed by atoms with Crippen molar-refractivity contribution >= 4 is 40.7 Å². The van der Waals surface area contributed by atoms with Crippen LogP contribution in [-0.2, 0) is 6.18 Å². The highest BCUT2D eigenvalue weighted by Crippen LogP contribution is 2.35. The molecule has 0 radical (unpaired) electrons. The van der Waals surface area contributed by atoms with E-state index in [9.17, 15) is 22.8 Å². The molecule has 0 saturated carbocycles. The largest absolute Gasteiger partial charge is 0.434 e. The van der Waals surface area contributed by atoms with Crippen molar-refractivity contribution in [3.8, 4) is 5.82 Å². The number of hydrogen-bond donors (Lipinski definition) is 2. The van der Waals surface area contributed by atoms with Crippen LogP contribution in [-0.4, -0.2) is 32.6 Å². The molecule has 3 rings (SSSR count). The summed E-state index contributed by atoms with van der Waals surface area (Å²) in [6.07, 6.45) is -2.95. The van der Waals surface area contributed by atoms with Crippen molar-refractivity contribution in [1.29, 1.82) is 0 Å². The molecule has 0 fully saturated rings. The van der Waals surface area contributed by atoms with Gasteiger partial charge in [-0.25, -0.2) is 9.67 Å². The molecule has 0 atom stereocenters. The first kappa shape index (κ1) is 24.5. The number of hydrogen-bond acceptors (Lipinski definition) is 4. The van der Waals surface area contributed by atoms with Gasteiger partial charge in [-0.15, -0.1) is 0 Å². The zero-order valence-electron chi connectivity index (χ0n) is 17.6. The normalized spacial score (nSPS) is 11.5. The Kier molecular flexibility index (Phi) is 6.99. The topological polar surface area (TPSA) is 88.9 Å². The molecule has 12 heteroatoms. The Labute approximate surface area is 196 Å².